The Bertz CT molecular complexity index is 305. The van der Waals surface area contributed by atoms with Gasteiger partial charge < -0.3 is 9.47 Å². The smallest absolute Gasteiger partial charge is 0.161 e. The Kier molecular flexibility index (Phi) is 4.05. The summed E-state index contributed by atoms with van der Waals surface area (Å²) in [5.41, 5.74) is 1.24. The van der Waals surface area contributed by atoms with E-state index >= 15 is 0 Å². The molecule has 0 N–H and O–H groups in total. The van der Waals surface area contributed by atoms with E-state index in [0.717, 1.165) is 17.9 Å². The molecule has 0 saturated heterocycles. The summed E-state index contributed by atoms with van der Waals surface area (Å²) in [5.74, 6) is 1.55. The predicted octanol–water partition coefficient (Wildman–Crippen LogP) is 2.82. The standard InChI is InChI=1S/C12H16O2/c1-4-8-14-12-9-10(5-2)6-7-11(12)13-3/h4,6-7,9H,1,5,8H2,2-3H3. The Labute approximate surface area is 85.2 Å². The lowest BCUT2D eigenvalue weighted by atomic mass is 10.1. The third kappa shape index (κ3) is 2.52. The quantitative estimate of drug-likeness (QED) is 0.668. The number of ether oxygens (including phenoxy) is 2. The molecule has 76 valence electrons. The van der Waals surface area contributed by atoms with E-state index in [1.54, 1.807) is 13.2 Å². The Morgan fingerprint density at radius 3 is 2.71 bits per heavy atom. The molecule has 0 aliphatic rings. The van der Waals surface area contributed by atoms with Crippen LogP contribution in [0.1, 0.15) is 12.5 Å². The van der Waals surface area contributed by atoms with Gasteiger partial charge in [0.25, 0.3) is 0 Å². The fourth-order valence-electron chi connectivity index (χ4n) is 1.20. The maximum Gasteiger partial charge on any atom is 0.161 e. The van der Waals surface area contributed by atoms with Gasteiger partial charge in [-0.2, -0.15) is 0 Å². The van der Waals surface area contributed by atoms with Gasteiger partial charge in [0.1, 0.15) is 6.61 Å². The number of aryl methyl sites for hydroxylation is 1. The Morgan fingerprint density at radius 1 is 1.36 bits per heavy atom. The van der Waals surface area contributed by atoms with Crippen LogP contribution in [0.5, 0.6) is 11.5 Å². The number of hydrogen-bond acceptors (Lipinski definition) is 2. The van der Waals surface area contributed by atoms with Crippen LogP contribution in [0.25, 0.3) is 0 Å². The third-order valence-electron chi connectivity index (χ3n) is 1.99. The van der Waals surface area contributed by atoms with Crippen molar-refractivity contribution in [3.8, 4) is 11.5 Å². The molecule has 0 unspecified atom stereocenters. The first-order valence-electron chi connectivity index (χ1n) is 4.72. The highest BCUT2D eigenvalue weighted by molar-refractivity contribution is 5.43. The molecule has 0 atom stereocenters. The first-order valence-corrected chi connectivity index (χ1v) is 4.72. The zero-order valence-electron chi connectivity index (χ0n) is 8.75. The monoisotopic (exact) mass is 192 g/mol. The number of methoxy groups -OCH3 is 1. The minimum absolute atomic E-state index is 0.503. The first-order chi connectivity index (χ1) is 6.81. The van der Waals surface area contributed by atoms with Crippen LogP contribution in [0.4, 0.5) is 0 Å². The Hall–Kier alpha value is -1.44. The van der Waals surface area contributed by atoms with Crippen molar-refractivity contribution in [2.45, 2.75) is 13.3 Å². The van der Waals surface area contributed by atoms with Crippen molar-refractivity contribution in [3.63, 3.8) is 0 Å². The van der Waals surface area contributed by atoms with Gasteiger partial charge in [0.05, 0.1) is 7.11 Å². The van der Waals surface area contributed by atoms with E-state index in [2.05, 4.69) is 13.5 Å². The normalized spacial score (nSPS) is 9.57. The predicted molar refractivity (Wildman–Crippen MR) is 58.1 cm³/mol. The topological polar surface area (TPSA) is 18.5 Å². The number of benzene rings is 1. The molecule has 0 amide bonds. The van der Waals surface area contributed by atoms with E-state index in [9.17, 15) is 0 Å². The zero-order chi connectivity index (χ0) is 10.4. The molecule has 0 bridgehead atoms. The molecule has 0 radical (unpaired) electrons. The van der Waals surface area contributed by atoms with Gasteiger partial charge in [-0.25, -0.2) is 0 Å². The van der Waals surface area contributed by atoms with Gasteiger partial charge in [-0.15, -0.1) is 0 Å². The van der Waals surface area contributed by atoms with Crippen LogP contribution in [0.15, 0.2) is 30.9 Å². The summed E-state index contributed by atoms with van der Waals surface area (Å²) in [6, 6.07) is 5.97. The van der Waals surface area contributed by atoms with Gasteiger partial charge in [-0.3, -0.25) is 0 Å². The largest absolute Gasteiger partial charge is 0.493 e. The summed E-state index contributed by atoms with van der Waals surface area (Å²) in [4.78, 5) is 0. The van der Waals surface area contributed by atoms with Crippen LogP contribution in [0, 0.1) is 0 Å². The molecule has 1 rings (SSSR count). The molecule has 2 nitrogen and oxygen atoms in total. The molecule has 0 aromatic heterocycles. The van der Waals surface area contributed by atoms with E-state index in [0.29, 0.717) is 6.61 Å². The van der Waals surface area contributed by atoms with Crippen LogP contribution in [0.2, 0.25) is 0 Å². The van der Waals surface area contributed by atoms with Crippen molar-refractivity contribution in [3.05, 3.63) is 36.4 Å². The molecular formula is C12H16O2. The second-order valence-corrected chi connectivity index (χ2v) is 2.94. The van der Waals surface area contributed by atoms with Gasteiger partial charge >= 0.3 is 0 Å². The summed E-state index contributed by atoms with van der Waals surface area (Å²) in [5, 5.41) is 0. The molecule has 0 heterocycles. The van der Waals surface area contributed by atoms with E-state index in [4.69, 9.17) is 9.47 Å². The maximum atomic E-state index is 5.48. The van der Waals surface area contributed by atoms with Crippen LogP contribution < -0.4 is 9.47 Å². The van der Waals surface area contributed by atoms with E-state index < -0.39 is 0 Å². The van der Waals surface area contributed by atoms with Gasteiger partial charge in [-0.1, -0.05) is 25.6 Å². The highest BCUT2D eigenvalue weighted by Gasteiger charge is 2.03. The average molecular weight is 192 g/mol. The summed E-state index contributed by atoms with van der Waals surface area (Å²) in [7, 11) is 1.64. The molecular weight excluding hydrogens is 176 g/mol. The lowest BCUT2D eigenvalue weighted by Crippen LogP contribution is -1.97. The zero-order valence-corrected chi connectivity index (χ0v) is 8.75. The maximum absolute atomic E-state index is 5.48. The summed E-state index contributed by atoms with van der Waals surface area (Å²) >= 11 is 0. The van der Waals surface area contributed by atoms with Crippen molar-refractivity contribution in [2.24, 2.45) is 0 Å². The number of rotatable bonds is 5. The van der Waals surface area contributed by atoms with Crippen molar-refractivity contribution < 1.29 is 9.47 Å². The molecule has 0 saturated carbocycles. The van der Waals surface area contributed by atoms with Crippen molar-refractivity contribution in [1.29, 1.82) is 0 Å². The fraction of sp³-hybridized carbons (Fsp3) is 0.333. The molecule has 14 heavy (non-hydrogen) atoms. The van der Waals surface area contributed by atoms with Gasteiger partial charge in [0.15, 0.2) is 11.5 Å². The number of hydrogen-bond donors (Lipinski definition) is 0. The van der Waals surface area contributed by atoms with Crippen molar-refractivity contribution in [1.82, 2.24) is 0 Å². The molecule has 2 heteroatoms. The first kappa shape index (κ1) is 10.6. The van der Waals surface area contributed by atoms with Gasteiger partial charge in [0, 0.05) is 0 Å². The lowest BCUT2D eigenvalue weighted by Gasteiger charge is -2.10. The fourth-order valence-corrected chi connectivity index (χ4v) is 1.20. The van der Waals surface area contributed by atoms with Crippen LogP contribution in [0.3, 0.4) is 0 Å². The minimum Gasteiger partial charge on any atom is -0.493 e. The summed E-state index contributed by atoms with van der Waals surface area (Å²) < 4.78 is 10.7. The SMILES string of the molecule is C=CCOc1cc(CC)ccc1OC. The van der Waals surface area contributed by atoms with E-state index in [1.807, 2.05) is 18.2 Å². The second-order valence-electron chi connectivity index (χ2n) is 2.94. The molecule has 0 aliphatic heterocycles. The highest BCUT2D eigenvalue weighted by Crippen LogP contribution is 2.28. The molecule has 1 aromatic carbocycles. The Morgan fingerprint density at radius 2 is 2.14 bits per heavy atom. The van der Waals surface area contributed by atoms with Crippen LogP contribution >= 0.6 is 0 Å². The average Bonchev–Trinajstić information content (AvgIpc) is 2.25. The summed E-state index contributed by atoms with van der Waals surface area (Å²) in [6.07, 6.45) is 2.71. The van der Waals surface area contributed by atoms with Crippen LogP contribution in [-0.4, -0.2) is 13.7 Å². The van der Waals surface area contributed by atoms with E-state index in [1.165, 1.54) is 5.56 Å². The minimum atomic E-state index is 0.503. The highest BCUT2D eigenvalue weighted by atomic mass is 16.5. The Balaban J connectivity index is 2.89. The van der Waals surface area contributed by atoms with E-state index in [-0.39, 0.29) is 0 Å². The van der Waals surface area contributed by atoms with Crippen molar-refractivity contribution in [2.75, 3.05) is 13.7 Å². The van der Waals surface area contributed by atoms with Gasteiger partial charge in [-0.05, 0) is 24.1 Å². The molecule has 0 fully saturated rings. The summed E-state index contributed by atoms with van der Waals surface area (Å²) in [6.45, 7) is 6.22. The van der Waals surface area contributed by atoms with Gasteiger partial charge in [0.2, 0.25) is 0 Å². The third-order valence-corrected chi connectivity index (χ3v) is 1.99. The molecule has 0 spiro atoms. The lowest BCUT2D eigenvalue weighted by molar-refractivity contribution is 0.326. The molecule has 0 aliphatic carbocycles. The van der Waals surface area contributed by atoms with Crippen LogP contribution in [-0.2, 0) is 6.42 Å². The second kappa shape index (κ2) is 5.32. The van der Waals surface area contributed by atoms with Crippen molar-refractivity contribution >= 4 is 0 Å². The molecule has 1 aromatic rings.